The van der Waals surface area contributed by atoms with Crippen molar-refractivity contribution in [1.82, 2.24) is 5.32 Å². The molecule has 0 saturated heterocycles. The normalized spacial score (nSPS) is 9.59. The third-order valence-corrected chi connectivity index (χ3v) is 2.00. The first-order valence-corrected chi connectivity index (χ1v) is 5.22. The molecule has 2 amide bonds. The number of urea groups is 1. The molecule has 17 heavy (non-hydrogen) atoms. The number of hydrogen-bond donors (Lipinski definition) is 2. The molecular formula is C12H15N3O2. The number of nitriles is 1. The largest absolute Gasteiger partial charge is 0.495 e. The first-order chi connectivity index (χ1) is 8.06. The number of carbonyl (C=O) groups excluding carboxylic acids is 1. The molecule has 0 aliphatic heterocycles. The van der Waals surface area contributed by atoms with Crippen LogP contribution in [0.15, 0.2) is 18.2 Å². The van der Waals surface area contributed by atoms with E-state index in [0.29, 0.717) is 17.0 Å². The fourth-order valence-electron chi connectivity index (χ4n) is 1.28. The van der Waals surface area contributed by atoms with Crippen LogP contribution in [-0.2, 0) is 0 Å². The lowest BCUT2D eigenvalue weighted by Crippen LogP contribution is -2.34. The van der Waals surface area contributed by atoms with Gasteiger partial charge in [0.2, 0.25) is 0 Å². The number of ether oxygens (including phenoxy) is 1. The van der Waals surface area contributed by atoms with Crippen molar-refractivity contribution in [3.8, 4) is 11.8 Å². The molecule has 1 aromatic carbocycles. The van der Waals surface area contributed by atoms with Crippen LogP contribution in [0.4, 0.5) is 10.5 Å². The second-order valence-electron chi connectivity index (χ2n) is 3.78. The summed E-state index contributed by atoms with van der Waals surface area (Å²) in [6.45, 7) is 3.74. The Hall–Kier alpha value is -2.22. The van der Waals surface area contributed by atoms with Gasteiger partial charge >= 0.3 is 6.03 Å². The van der Waals surface area contributed by atoms with Crippen molar-refractivity contribution in [2.75, 3.05) is 12.4 Å². The molecule has 0 aromatic heterocycles. The van der Waals surface area contributed by atoms with Gasteiger partial charge in [0.15, 0.2) is 0 Å². The molecule has 0 heterocycles. The molecule has 0 atom stereocenters. The van der Waals surface area contributed by atoms with Crippen LogP contribution in [0.3, 0.4) is 0 Å². The highest BCUT2D eigenvalue weighted by atomic mass is 16.5. The van der Waals surface area contributed by atoms with E-state index in [2.05, 4.69) is 10.6 Å². The highest BCUT2D eigenvalue weighted by Gasteiger charge is 2.08. The van der Waals surface area contributed by atoms with Gasteiger partial charge in [-0.15, -0.1) is 0 Å². The van der Waals surface area contributed by atoms with Gasteiger partial charge in [-0.25, -0.2) is 4.79 Å². The quantitative estimate of drug-likeness (QED) is 0.839. The van der Waals surface area contributed by atoms with Gasteiger partial charge in [0.1, 0.15) is 5.75 Å². The van der Waals surface area contributed by atoms with Gasteiger partial charge in [-0.2, -0.15) is 5.26 Å². The van der Waals surface area contributed by atoms with Crippen LogP contribution in [-0.4, -0.2) is 19.2 Å². The zero-order valence-electron chi connectivity index (χ0n) is 10.1. The van der Waals surface area contributed by atoms with E-state index < -0.39 is 0 Å². The van der Waals surface area contributed by atoms with Crippen molar-refractivity contribution in [2.45, 2.75) is 19.9 Å². The Kier molecular flexibility index (Phi) is 4.35. The predicted molar refractivity (Wildman–Crippen MR) is 65.0 cm³/mol. The Bertz CT molecular complexity index is 450. The van der Waals surface area contributed by atoms with Gasteiger partial charge in [-0.05, 0) is 26.0 Å². The smallest absolute Gasteiger partial charge is 0.319 e. The Morgan fingerprint density at radius 3 is 2.71 bits per heavy atom. The van der Waals surface area contributed by atoms with E-state index in [4.69, 9.17) is 10.00 Å². The van der Waals surface area contributed by atoms with Crippen LogP contribution in [0.5, 0.6) is 5.75 Å². The van der Waals surface area contributed by atoms with Crippen LogP contribution < -0.4 is 15.4 Å². The molecule has 0 spiro atoms. The second kappa shape index (κ2) is 5.75. The third kappa shape index (κ3) is 3.68. The van der Waals surface area contributed by atoms with Gasteiger partial charge in [0.25, 0.3) is 0 Å². The standard InChI is InChI=1S/C12H15N3O2/c1-8(2)14-12(16)15-10-5-4-9(7-13)6-11(10)17-3/h4-6,8H,1-3H3,(H2,14,15,16). The predicted octanol–water partition coefficient (Wildman–Crippen LogP) is 2.10. The van der Waals surface area contributed by atoms with E-state index in [0.717, 1.165) is 0 Å². The number of carbonyl (C=O) groups is 1. The van der Waals surface area contributed by atoms with Crippen LogP contribution in [0.25, 0.3) is 0 Å². The summed E-state index contributed by atoms with van der Waals surface area (Å²) in [6.07, 6.45) is 0. The van der Waals surface area contributed by atoms with Crippen molar-refractivity contribution >= 4 is 11.7 Å². The molecule has 2 N–H and O–H groups in total. The second-order valence-corrected chi connectivity index (χ2v) is 3.78. The van der Waals surface area contributed by atoms with Gasteiger partial charge < -0.3 is 15.4 Å². The number of hydrogen-bond acceptors (Lipinski definition) is 3. The van der Waals surface area contributed by atoms with Crippen molar-refractivity contribution in [3.63, 3.8) is 0 Å². The first-order valence-electron chi connectivity index (χ1n) is 5.22. The summed E-state index contributed by atoms with van der Waals surface area (Å²) in [7, 11) is 1.49. The average molecular weight is 233 g/mol. The fraction of sp³-hybridized carbons (Fsp3) is 0.333. The van der Waals surface area contributed by atoms with Gasteiger partial charge in [0.05, 0.1) is 24.4 Å². The SMILES string of the molecule is COc1cc(C#N)ccc1NC(=O)NC(C)C. The molecule has 5 heteroatoms. The zero-order valence-corrected chi connectivity index (χ0v) is 10.1. The van der Waals surface area contributed by atoms with E-state index in [1.807, 2.05) is 19.9 Å². The molecule has 1 aromatic rings. The summed E-state index contributed by atoms with van der Waals surface area (Å²) in [6, 6.07) is 6.59. The maximum absolute atomic E-state index is 11.5. The molecule has 0 aliphatic rings. The molecular weight excluding hydrogens is 218 g/mol. The Morgan fingerprint density at radius 1 is 1.47 bits per heavy atom. The molecule has 0 aliphatic carbocycles. The van der Waals surface area contributed by atoms with Crippen LogP contribution in [0.1, 0.15) is 19.4 Å². The maximum Gasteiger partial charge on any atom is 0.319 e. The van der Waals surface area contributed by atoms with Crippen LogP contribution >= 0.6 is 0 Å². The number of nitrogens with zero attached hydrogens (tertiary/aromatic N) is 1. The van der Waals surface area contributed by atoms with E-state index in [1.54, 1.807) is 18.2 Å². The van der Waals surface area contributed by atoms with E-state index in [9.17, 15) is 4.79 Å². The van der Waals surface area contributed by atoms with Crippen LogP contribution in [0.2, 0.25) is 0 Å². The first kappa shape index (κ1) is 12.8. The highest BCUT2D eigenvalue weighted by molar-refractivity contribution is 5.91. The molecule has 1 rings (SSSR count). The molecule has 0 unspecified atom stereocenters. The Labute approximate surface area is 100 Å². The monoisotopic (exact) mass is 233 g/mol. The topological polar surface area (TPSA) is 74.1 Å². The lowest BCUT2D eigenvalue weighted by molar-refractivity contribution is 0.250. The number of nitrogens with one attached hydrogen (secondary N) is 2. The van der Waals surface area contributed by atoms with Gasteiger partial charge in [-0.1, -0.05) is 0 Å². The third-order valence-electron chi connectivity index (χ3n) is 2.00. The highest BCUT2D eigenvalue weighted by Crippen LogP contribution is 2.25. The summed E-state index contributed by atoms with van der Waals surface area (Å²) in [5.41, 5.74) is 1.02. The molecule has 0 radical (unpaired) electrons. The van der Waals surface area contributed by atoms with Crippen molar-refractivity contribution < 1.29 is 9.53 Å². The minimum absolute atomic E-state index is 0.0550. The van der Waals surface area contributed by atoms with Crippen molar-refractivity contribution in [3.05, 3.63) is 23.8 Å². The molecule has 0 bridgehead atoms. The number of anilines is 1. The summed E-state index contributed by atoms with van der Waals surface area (Å²) in [4.78, 5) is 11.5. The lowest BCUT2D eigenvalue weighted by Gasteiger charge is -2.12. The molecule has 0 saturated carbocycles. The van der Waals surface area contributed by atoms with E-state index >= 15 is 0 Å². The zero-order chi connectivity index (χ0) is 12.8. The van der Waals surface area contributed by atoms with Crippen LogP contribution in [0, 0.1) is 11.3 Å². The minimum atomic E-state index is -0.303. The minimum Gasteiger partial charge on any atom is -0.495 e. The van der Waals surface area contributed by atoms with Gasteiger partial charge in [0, 0.05) is 12.1 Å². The number of methoxy groups -OCH3 is 1. The lowest BCUT2D eigenvalue weighted by atomic mass is 10.2. The number of benzene rings is 1. The Morgan fingerprint density at radius 2 is 2.18 bits per heavy atom. The van der Waals surface area contributed by atoms with Gasteiger partial charge in [-0.3, -0.25) is 0 Å². The van der Waals surface area contributed by atoms with Crippen molar-refractivity contribution in [2.24, 2.45) is 0 Å². The Balaban J connectivity index is 2.84. The van der Waals surface area contributed by atoms with Crippen molar-refractivity contribution in [1.29, 1.82) is 5.26 Å². The molecule has 90 valence electrons. The molecule has 5 nitrogen and oxygen atoms in total. The van der Waals surface area contributed by atoms with E-state index in [-0.39, 0.29) is 12.1 Å². The molecule has 0 fully saturated rings. The summed E-state index contributed by atoms with van der Waals surface area (Å²) < 4.78 is 5.10. The fourth-order valence-corrected chi connectivity index (χ4v) is 1.28. The number of rotatable bonds is 3. The number of amides is 2. The maximum atomic E-state index is 11.5. The summed E-state index contributed by atoms with van der Waals surface area (Å²) in [5.74, 6) is 0.461. The average Bonchev–Trinajstić information content (AvgIpc) is 2.28. The summed E-state index contributed by atoms with van der Waals surface area (Å²) >= 11 is 0. The summed E-state index contributed by atoms with van der Waals surface area (Å²) in [5, 5.41) is 14.1. The van der Waals surface area contributed by atoms with E-state index in [1.165, 1.54) is 7.11 Å².